The highest BCUT2D eigenvalue weighted by atomic mass is 28.4. The van der Waals surface area contributed by atoms with E-state index in [4.69, 9.17) is 8.85 Å². The third-order valence-corrected chi connectivity index (χ3v) is 7.75. The number of hydrogen-bond acceptors (Lipinski definition) is 2. The van der Waals surface area contributed by atoms with Gasteiger partial charge in [-0.15, -0.1) is 0 Å². The van der Waals surface area contributed by atoms with Gasteiger partial charge in [0.05, 0.1) is 11.2 Å². The molecule has 2 aromatic carbocycles. The van der Waals surface area contributed by atoms with Crippen LogP contribution in [0, 0.1) is 0 Å². The van der Waals surface area contributed by atoms with E-state index in [0.717, 1.165) is 21.5 Å². The van der Waals surface area contributed by atoms with Gasteiger partial charge < -0.3 is 8.85 Å². The topological polar surface area (TPSA) is 18.5 Å². The molecule has 0 N–H and O–H groups in total. The quantitative estimate of drug-likeness (QED) is 0.698. The molecule has 3 heteroatoms. The van der Waals surface area contributed by atoms with E-state index >= 15 is 0 Å². The minimum absolute atomic E-state index is 0.341. The molecule has 0 spiro atoms. The van der Waals surface area contributed by atoms with Gasteiger partial charge in [-0.25, -0.2) is 0 Å². The van der Waals surface area contributed by atoms with E-state index in [9.17, 15) is 0 Å². The van der Waals surface area contributed by atoms with Crippen molar-refractivity contribution < 1.29 is 8.85 Å². The summed E-state index contributed by atoms with van der Waals surface area (Å²) < 4.78 is 13.6. The molecular formula is C23H32O2Si. The predicted octanol–water partition coefficient (Wildman–Crippen LogP) is 4.91. The molecule has 0 amide bonds. The minimum Gasteiger partial charge on any atom is -0.383 e. The largest absolute Gasteiger partial charge is 0.407 e. The van der Waals surface area contributed by atoms with Crippen LogP contribution in [0.4, 0.5) is 0 Å². The first kappa shape index (κ1) is 20.6. The van der Waals surface area contributed by atoms with E-state index in [2.05, 4.69) is 96.7 Å². The van der Waals surface area contributed by atoms with Crippen molar-refractivity contribution >= 4 is 24.5 Å². The lowest BCUT2D eigenvalue weighted by atomic mass is 10.1. The van der Waals surface area contributed by atoms with Crippen molar-refractivity contribution in [3.8, 4) is 0 Å². The zero-order valence-electron chi connectivity index (χ0n) is 17.2. The lowest BCUT2D eigenvalue weighted by molar-refractivity contribution is 0.0296. The molecule has 0 aliphatic carbocycles. The Hall–Kier alpha value is -1.68. The fourth-order valence-corrected chi connectivity index (χ4v) is 6.80. The van der Waals surface area contributed by atoms with Gasteiger partial charge in [0.2, 0.25) is 0 Å². The highest BCUT2D eigenvalue weighted by Gasteiger charge is 2.48. The van der Waals surface area contributed by atoms with Gasteiger partial charge in [-0.2, -0.15) is 0 Å². The smallest absolute Gasteiger partial charge is 0.383 e. The number of rotatable bonds is 5. The first-order valence-corrected chi connectivity index (χ1v) is 11.0. The molecule has 0 radical (unpaired) electrons. The molecule has 0 heterocycles. The Labute approximate surface area is 160 Å². The van der Waals surface area contributed by atoms with Crippen LogP contribution in [0.3, 0.4) is 0 Å². The van der Waals surface area contributed by atoms with Crippen molar-refractivity contribution in [2.24, 2.45) is 0 Å². The maximum atomic E-state index is 6.80. The number of allylic oxidation sites excluding steroid dienone is 1. The summed E-state index contributed by atoms with van der Waals surface area (Å²) in [6, 6.07) is 18.8. The van der Waals surface area contributed by atoms with Crippen LogP contribution in [-0.4, -0.2) is 19.8 Å². The molecule has 2 rings (SSSR count). The summed E-state index contributed by atoms with van der Waals surface area (Å²) in [5.74, 6) is 0. The van der Waals surface area contributed by atoms with E-state index in [1.807, 2.05) is 13.0 Å². The Morgan fingerprint density at radius 2 is 1.27 bits per heavy atom. The van der Waals surface area contributed by atoms with Gasteiger partial charge in [-0.1, -0.05) is 66.7 Å². The molecule has 0 aliphatic rings. The third kappa shape index (κ3) is 5.16. The zero-order valence-corrected chi connectivity index (χ0v) is 18.2. The van der Waals surface area contributed by atoms with E-state index in [-0.39, 0.29) is 11.2 Å². The average molecular weight is 369 g/mol. The van der Waals surface area contributed by atoms with Gasteiger partial charge in [0.25, 0.3) is 0 Å². The third-order valence-electron chi connectivity index (χ3n) is 3.79. The molecule has 0 aliphatic heterocycles. The van der Waals surface area contributed by atoms with Crippen LogP contribution in [0.5, 0.6) is 0 Å². The van der Waals surface area contributed by atoms with Gasteiger partial charge in [0.15, 0.2) is 0 Å². The first-order chi connectivity index (χ1) is 11.9. The van der Waals surface area contributed by atoms with Crippen molar-refractivity contribution in [2.75, 3.05) is 0 Å². The van der Waals surface area contributed by atoms with Crippen molar-refractivity contribution in [1.82, 2.24) is 0 Å². The lowest BCUT2D eigenvalue weighted by Crippen LogP contribution is -2.68. The van der Waals surface area contributed by atoms with Crippen molar-refractivity contribution in [3.63, 3.8) is 0 Å². The highest BCUT2D eigenvalue weighted by molar-refractivity contribution is 6.92. The second-order valence-corrected chi connectivity index (χ2v) is 11.6. The summed E-state index contributed by atoms with van der Waals surface area (Å²) in [6.07, 6.45) is 0. The highest BCUT2D eigenvalue weighted by Crippen LogP contribution is 2.25. The fourth-order valence-electron chi connectivity index (χ4n) is 2.93. The molecule has 26 heavy (non-hydrogen) atoms. The molecule has 0 saturated heterocycles. The summed E-state index contributed by atoms with van der Waals surface area (Å²) in [7, 11) is -2.94. The molecule has 0 aromatic heterocycles. The van der Waals surface area contributed by atoms with Crippen LogP contribution < -0.4 is 10.4 Å². The molecule has 0 saturated carbocycles. The molecule has 2 nitrogen and oxygen atoms in total. The van der Waals surface area contributed by atoms with Crippen LogP contribution in [0.1, 0.15) is 54.0 Å². The van der Waals surface area contributed by atoms with E-state index in [1.165, 1.54) is 0 Å². The first-order valence-electron chi connectivity index (χ1n) is 9.15. The maximum absolute atomic E-state index is 6.80. The van der Waals surface area contributed by atoms with E-state index in [1.54, 1.807) is 0 Å². The van der Waals surface area contributed by atoms with Gasteiger partial charge in [0.1, 0.15) is 0 Å². The second-order valence-electron chi connectivity index (χ2n) is 8.77. The van der Waals surface area contributed by atoms with Gasteiger partial charge in [-0.3, -0.25) is 0 Å². The maximum Gasteiger partial charge on any atom is 0.407 e. The Morgan fingerprint density at radius 3 is 1.73 bits per heavy atom. The predicted molar refractivity (Wildman–Crippen MR) is 114 cm³/mol. The zero-order chi connectivity index (χ0) is 19.6. The number of benzene rings is 2. The van der Waals surface area contributed by atoms with Gasteiger partial charge in [0, 0.05) is 0 Å². The van der Waals surface area contributed by atoms with Crippen molar-refractivity contribution in [1.29, 1.82) is 0 Å². The molecule has 2 aromatic rings. The summed E-state index contributed by atoms with van der Waals surface area (Å²) >= 11 is 0. The monoisotopic (exact) mass is 368 g/mol. The van der Waals surface area contributed by atoms with Crippen LogP contribution in [0.2, 0.25) is 0 Å². The summed E-state index contributed by atoms with van der Waals surface area (Å²) in [5, 5.41) is 2.22. The Morgan fingerprint density at radius 1 is 0.769 bits per heavy atom. The number of hydrogen-bond donors (Lipinski definition) is 0. The Kier molecular flexibility index (Phi) is 5.96. The van der Waals surface area contributed by atoms with E-state index in [0.29, 0.717) is 0 Å². The summed E-state index contributed by atoms with van der Waals surface area (Å²) in [5.41, 5.74) is 1.47. The van der Waals surface area contributed by atoms with Gasteiger partial charge >= 0.3 is 8.56 Å². The molecule has 0 fully saturated rings. The molecular weight excluding hydrogens is 336 g/mol. The second kappa shape index (κ2) is 7.51. The van der Waals surface area contributed by atoms with Crippen molar-refractivity contribution in [2.45, 2.75) is 59.7 Å². The molecule has 0 unspecified atom stereocenters. The van der Waals surface area contributed by atoms with Gasteiger partial charge in [-0.05, 0) is 64.4 Å². The van der Waals surface area contributed by atoms with Crippen LogP contribution in [0.15, 0.2) is 61.2 Å². The van der Waals surface area contributed by atoms with Crippen LogP contribution >= 0.6 is 0 Å². The molecule has 0 atom stereocenters. The minimum atomic E-state index is -2.94. The summed E-state index contributed by atoms with van der Waals surface area (Å²) in [4.78, 5) is 0. The Balaban J connectivity index is 2.77. The van der Waals surface area contributed by atoms with Crippen LogP contribution in [-0.2, 0) is 8.85 Å². The normalized spacial score (nSPS) is 12.9. The molecule has 140 valence electrons. The summed E-state index contributed by atoms with van der Waals surface area (Å²) in [6.45, 7) is 18.7. The van der Waals surface area contributed by atoms with Crippen LogP contribution in [0.25, 0.3) is 5.57 Å². The van der Waals surface area contributed by atoms with Crippen molar-refractivity contribution in [3.05, 3.63) is 66.7 Å². The fraction of sp³-hybridized carbons (Fsp3) is 0.391. The lowest BCUT2D eigenvalue weighted by Gasteiger charge is -2.41. The van der Waals surface area contributed by atoms with E-state index < -0.39 is 8.56 Å². The Bertz CT molecular complexity index is 736. The SMILES string of the molecule is C=C(C)c1cccc([Si](OC(C)(C)C)(OC(C)(C)C)c2ccccc2)c1. The molecule has 0 bridgehead atoms. The standard InChI is InChI=1S/C23H32O2Si/c1-18(2)19-13-12-16-21(17-19)26(24-22(3,4)5,25-23(6,7)8)20-14-10-9-11-15-20/h9-17H,1H2,2-8H3. The average Bonchev–Trinajstić information content (AvgIpc) is 2.52.